The van der Waals surface area contributed by atoms with Crippen molar-refractivity contribution in [2.45, 2.75) is 13.0 Å². The summed E-state index contributed by atoms with van der Waals surface area (Å²) in [5, 5.41) is 22.1. The Morgan fingerprint density at radius 1 is 1.65 bits per heavy atom. The van der Waals surface area contributed by atoms with Crippen molar-refractivity contribution in [3.8, 4) is 11.8 Å². The maximum Gasteiger partial charge on any atom is 0.272 e. The van der Waals surface area contributed by atoms with Gasteiger partial charge in [-0.1, -0.05) is 0 Å². The summed E-state index contributed by atoms with van der Waals surface area (Å²) >= 11 is 0. The van der Waals surface area contributed by atoms with Crippen LogP contribution in [0.2, 0.25) is 0 Å². The van der Waals surface area contributed by atoms with E-state index in [0.717, 1.165) is 0 Å². The molecule has 6 heteroatoms. The van der Waals surface area contributed by atoms with Crippen LogP contribution in [0.3, 0.4) is 0 Å². The smallest absolute Gasteiger partial charge is 0.272 e. The molecular formula is C11H13N3O3. The maximum absolute atomic E-state index is 10.6. The molecule has 1 atom stereocenters. The number of nitrogens with zero attached hydrogens (tertiary/aromatic N) is 2. The average molecular weight is 235 g/mol. The summed E-state index contributed by atoms with van der Waals surface area (Å²) in [7, 11) is 1.67. The highest BCUT2D eigenvalue weighted by Gasteiger charge is 2.11. The van der Waals surface area contributed by atoms with Crippen LogP contribution in [0.1, 0.15) is 5.56 Å². The molecule has 0 bridgehead atoms. The molecule has 1 aromatic rings. The Bertz CT molecular complexity index is 454. The van der Waals surface area contributed by atoms with Crippen LogP contribution >= 0.6 is 0 Å². The second-order valence-corrected chi connectivity index (χ2v) is 3.49. The van der Waals surface area contributed by atoms with Crippen molar-refractivity contribution in [2.24, 2.45) is 0 Å². The second kappa shape index (κ2) is 5.82. The summed E-state index contributed by atoms with van der Waals surface area (Å²) in [6, 6.07) is 6.13. The van der Waals surface area contributed by atoms with Crippen molar-refractivity contribution >= 4 is 5.69 Å². The summed E-state index contributed by atoms with van der Waals surface area (Å²) in [4.78, 5) is 10.2. The molecule has 0 saturated carbocycles. The number of nitro benzene ring substituents is 1. The first kappa shape index (κ1) is 12.9. The Labute approximate surface area is 99.0 Å². The van der Waals surface area contributed by atoms with Gasteiger partial charge < -0.3 is 10.1 Å². The van der Waals surface area contributed by atoms with Gasteiger partial charge in [-0.25, -0.2) is 0 Å². The van der Waals surface area contributed by atoms with E-state index in [1.165, 1.54) is 12.1 Å². The number of benzene rings is 1. The number of nitriles is 1. The summed E-state index contributed by atoms with van der Waals surface area (Å²) < 4.78 is 5.36. The lowest BCUT2D eigenvalue weighted by molar-refractivity contribution is -0.385. The van der Waals surface area contributed by atoms with E-state index in [9.17, 15) is 10.1 Å². The number of nitrogens with one attached hydrogen (secondary N) is 1. The molecule has 1 aromatic carbocycles. The Balaban J connectivity index is 2.72. The lowest BCUT2D eigenvalue weighted by Crippen LogP contribution is -2.29. The molecule has 0 fully saturated rings. The largest absolute Gasteiger partial charge is 0.491 e. The van der Waals surface area contributed by atoms with Crippen molar-refractivity contribution < 1.29 is 9.66 Å². The van der Waals surface area contributed by atoms with Crippen LogP contribution in [0.15, 0.2) is 18.2 Å². The van der Waals surface area contributed by atoms with Crippen molar-refractivity contribution in [2.75, 3.05) is 13.7 Å². The highest BCUT2D eigenvalue weighted by atomic mass is 16.6. The number of hydrogen-bond acceptors (Lipinski definition) is 5. The van der Waals surface area contributed by atoms with E-state index in [1.54, 1.807) is 20.0 Å². The van der Waals surface area contributed by atoms with Gasteiger partial charge in [-0.3, -0.25) is 10.1 Å². The molecule has 0 spiro atoms. The average Bonchev–Trinajstić information content (AvgIpc) is 2.30. The fourth-order valence-corrected chi connectivity index (χ4v) is 1.29. The molecular weight excluding hydrogens is 222 g/mol. The van der Waals surface area contributed by atoms with Crippen molar-refractivity contribution in [3.63, 3.8) is 0 Å². The van der Waals surface area contributed by atoms with Gasteiger partial charge in [0.05, 0.1) is 11.0 Å². The first-order valence-corrected chi connectivity index (χ1v) is 5.03. The Hall–Kier alpha value is -2.13. The molecule has 0 aliphatic rings. The van der Waals surface area contributed by atoms with Crippen LogP contribution in [-0.2, 0) is 0 Å². The van der Waals surface area contributed by atoms with Gasteiger partial charge in [0, 0.05) is 11.6 Å². The second-order valence-electron chi connectivity index (χ2n) is 3.49. The molecule has 0 aliphatic carbocycles. The minimum atomic E-state index is -0.440. The molecule has 1 N–H and O–H groups in total. The van der Waals surface area contributed by atoms with E-state index in [2.05, 4.69) is 5.32 Å². The van der Waals surface area contributed by atoms with Crippen LogP contribution in [0, 0.1) is 28.4 Å². The first-order valence-electron chi connectivity index (χ1n) is 5.03. The highest BCUT2D eigenvalue weighted by molar-refractivity contribution is 5.44. The molecule has 0 amide bonds. The minimum absolute atomic E-state index is 0.0581. The topological polar surface area (TPSA) is 88.2 Å². The normalized spacial score (nSPS) is 11.6. The zero-order valence-corrected chi connectivity index (χ0v) is 9.64. The summed E-state index contributed by atoms with van der Waals surface area (Å²) in [6.45, 7) is 1.84. The van der Waals surface area contributed by atoms with Gasteiger partial charge in [-0.05, 0) is 26.1 Å². The number of hydrogen-bond donors (Lipinski definition) is 1. The van der Waals surface area contributed by atoms with Crippen LogP contribution in [0.5, 0.6) is 5.75 Å². The lowest BCUT2D eigenvalue weighted by atomic mass is 10.2. The summed E-state index contributed by atoms with van der Waals surface area (Å²) in [5.74, 6) is 0.517. The highest BCUT2D eigenvalue weighted by Crippen LogP contribution is 2.22. The van der Waals surface area contributed by atoms with E-state index in [-0.39, 0.29) is 12.3 Å². The molecule has 0 aliphatic heterocycles. The SMILES string of the molecule is CNC(C#N)COc1ccc([N+](=O)[O-])c(C)c1. The minimum Gasteiger partial charge on any atom is -0.491 e. The van der Waals surface area contributed by atoms with Crippen LogP contribution in [0.25, 0.3) is 0 Å². The number of likely N-dealkylation sites (N-methyl/N-ethyl adjacent to an activating group) is 1. The molecule has 1 unspecified atom stereocenters. The van der Waals surface area contributed by atoms with Gasteiger partial charge in [0.1, 0.15) is 18.4 Å². The maximum atomic E-state index is 10.6. The quantitative estimate of drug-likeness (QED) is 0.615. The van der Waals surface area contributed by atoms with Crippen LogP contribution < -0.4 is 10.1 Å². The number of nitro groups is 1. The van der Waals surface area contributed by atoms with Crippen molar-refractivity contribution in [1.29, 1.82) is 5.26 Å². The zero-order chi connectivity index (χ0) is 12.8. The van der Waals surface area contributed by atoms with E-state index in [0.29, 0.717) is 11.3 Å². The third-order valence-electron chi connectivity index (χ3n) is 2.29. The molecule has 6 nitrogen and oxygen atoms in total. The molecule has 17 heavy (non-hydrogen) atoms. The van der Waals surface area contributed by atoms with Gasteiger partial charge in [-0.15, -0.1) is 0 Å². The third-order valence-corrected chi connectivity index (χ3v) is 2.29. The zero-order valence-electron chi connectivity index (χ0n) is 9.64. The molecule has 0 heterocycles. The first-order chi connectivity index (χ1) is 8.08. The lowest BCUT2D eigenvalue weighted by Gasteiger charge is -2.10. The number of rotatable bonds is 5. The van der Waals surface area contributed by atoms with E-state index in [1.807, 2.05) is 6.07 Å². The summed E-state index contributed by atoms with van der Waals surface area (Å²) in [5.41, 5.74) is 0.591. The molecule has 0 saturated heterocycles. The predicted octanol–water partition coefficient (Wildman–Crippen LogP) is 1.39. The molecule has 1 rings (SSSR count). The Morgan fingerprint density at radius 2 is 2.35 bits per heavy atom. The molecule has 0 aromatic heterocycles. The molecule has 0 radical (unpaired) electrons. The van der Waals surface area contributed by atoms with Gasteiger partial charge >= 0.3 is 0 Å². The third kappa shape index (κ3) is 3.43. The van der Waals surface area contributed by atoms with Gasteiger partial charge in [-0.2, -0.15) is 5.26 Å². The van der Waals surface area contributed by atoms with Crippen LogP contribution in [-0.4, -0.2) is 24.6 Å². The molecule has 90 valence electrons. The van der Waals surface area contributed by atoms with Crippen molar-refractivity contribution in [3.05, 3.63) is 33.9 Å². The summed E-state index contributed by atoms with van der Waals surface area (Å²) in [6.07, 6.45) is 0. The number of aryl methyl sites for hydroxylation is 1. The van der Waals surface area contributed by atoms with Crippen molar-refractivity contribution in [1.82, 2.24) is 5.32 Å². The van der Waals surface area contributed by atoms with Crippen LogP contribution in [0.4, 0.5) is 5.69 Å². The van der Waals surface area contributed by atoms with Gasteiger partial charge in [0.25, 0.3) is 5.69 Å². The van der Waals surface area contributed by atoms with E-state index < -0.39 is 11.0 Å². The van der Waals surface area contributed by atoms with Gasteiger partial charge in [0.15, 0.2) is 0 Å². The monoisotopic (exact) mass is 235 g/mol. The fourth-order valence-electron chi connectivity index (χ4n) is 1.29. The number of ether oxygens (including phenoxy) is 1. The van der Waals surface area contributed by atoms with E-state index >= 15 is 0 Å². The Kier molecular flexibility index (Phi) is 4.43. The van der Waals surface area contributed by atoms with Gasteiger partial charge in [0.2, 0.25) is 0 Å². The fraction of sp³-hybridized carbons (Fsp3) is 0.364. The predicted molar refractivity (Wildman–Crippen MR) is 61.8 cm³/mol. The Morgan fingerprint density at radius 3 is 2.82 bits per heavy atom. The standard InChI is InChI=1S/C11H13N3O3/c1-8-5-10(3-4-11(8)14(15)16)17-7-9(6-12)13-2/h3-5,9,13H,7H2,1-2H3. The van der Waals surface area contributed by atoms with E-state index in [4.69, 9.17) is 10.00 Å².